The van der Waals surface area contributed by atoms with Gasteiger partial charge in [0, 0.05) is 31.8 Å². The zero-order chi connectivity index (χ0) is 15.8. The number of carbonyl (C=O) groups is 2. The van der Waals surface area contributed by atoms with Gasteiger partial charge in [0.1, 0.15) is 5.78 Å². The van der Waals surface area contributed by atoms with Gasteiger partial charge in [-0.15, -0.1) is 0 Å². The monoisotopic (exact) mass is 309 g/mol. The first kappa shape index (κ1) is 17.5. The molecular formula is C18H31NO3. The lowest BCUT2D eigenvalue weighted by atomic mass is 9.79. The van der Waals surface area contributed by atoms with E-state index in [4.69, 9.17) is 4.74 Å². The van der Waals surface area contributed by atoms with Crippen LogP contribution >= 0.6 is 0 Å². The van der Waals surface area contributed by atoms with E-state index >= 15 is 0 Å². The van der Waals surface area contributed by atoms with Crippen molar-refractivity contribution in [3.05, 3.63) is 0 Å². The fourth-order valence-corrected chi connectivity index (χ4v) is 3.76. The molecule has 1 amide bonds. The third-order valence-corrected chi connectivity index (χ3v) is 5.08. The lowest BCUT2D eigenvalue weighted by Crippen LogP contribution is -2.42. The molecule has 0 N–H and O–H groups in total. The van der Waals surface area contributed by atoms with Crippen LogP contribution in [-0.2, 0) is 14.3 Å². The molecule has 0 bridgehead atoms. The Balaban J connectivity index is 1.90. The molecule has 1 saturated carbocycles. The van der Waals surface area contributed by atoms with Gasteiger partial charge in [-0.1, -0.05) is 39.0 Å². The van der Waals surface area contributed by atoms with E-state index in [2.05, 4.69) is 0 Å². The van der Waals surface area contributed by atoms with Crippen LogP contribution in [0.1, 0.15) is 64.7 Å². The van der Waals surface area contributed by atoms with E-state index in [1.165, 1.54) is 32.1 Å². The third-order valence-electron chi connectivity index (χ3n) is 5.08. The largest absolute Gasteiger partial charge is 0.378 e. The van der Waals surface area contributed by atoms with E-state index in [1.807, 2.05) is 11.8 Å². The topological polar surface area (TPSA) is 46.6 Å². The maximum absolute atomic E-state index is 12.5. The van der Waals surface area contributed by atoms with Crippen molar-refractivity contribution in [2.24, 2.45) is 11.8 Å². The van der Waals surface area contributed by atoms with Crippen molar-refractivity contribution in [2.45, 2.75) is 64.7 Å². The van der Waals surface area contributed by atoms with Gasteiger partial charge < -0.3 is 9.64 Å². The third kappa shape index (κ3) is 5.38. The number of hydrogen-bond donors (Lipinski definition) is 0. The SMILES string of the molecule is CCCC(=O)[C@@H](CC(=O)N1CCOCC1)CC1CCCCC1. The molecule has 0 aromatic rings. The van der Waals surface area contributed by atoms with Crippen LogP contribution in [0.5, 0.6) is 0 Å². The van der Waals surface area contributed by atoms with Gasteiger partial charge in [0.05, 0.1) is 13.2 Å². The molecule has 1 aliphatic carbocycles. The van der Waals surface area contributed by atoms with Crippen molar-refractivity contribution in [3.63, 3.8) is 0 Å². The summed E-state index contributed by atoms with van der Waals surface area (Å²) < 4.78 is 5.30. The maximum atomic E-state index is 12.5. The van der Waals surface area contributed by atoms with E-state index in [-0.39, 0.29) is 11.8 Å². The van der Waals surface area contributed by atoms with Crippen LogP contribution < -0.4 is 0 Å². The summed E-state index contributed by atoms with van der Waals surface area (Å²) in [7, 11) is 0. The zero-order valence-electron chi connectivity index (χ0n) is 14.0. The Hall–Kier alpha value is -0.900. The lowest BCUT2D eigenvalue weighted by Gasteiger charge is -2.30. The molecule has 4 nitrogen and oxygen atoms in total. The molecule has 1 aliphatic heterocycles. The van der Waals surface area contributed by atoms with Crippen LogP contribution in [0.15, 0.2) is 0 Å². The zero-order valence-corrected chi connectivity index (χ0v) is 14.0. The minimum absolute atomic E-state index is 0.0570. The molecule has 0 aromatic carbocycles. The highest BCUT2D eigenvalue weighted by Crippen LogP contribution is 2.31. The van der Waals surface area contributed by atoms with Gasteiger partial charge in [-0.2, -0.15) is 0 Å². The maximum Gasteiger partial charge on any atom is 0.223 e. The number of Topliss-reactive ketones (excluding diaryl/α,β-unsaturated/α-hetero) is 1. The van der Waals surface area contributed by atoms with Crippen molar-refractivity contribution in [1.29, 1.82) is 0 Å². The number of morpholine rings is 1. The van der Waals surface area contributed by atoms with Gasteiger partial charge in [-0.05, 0) is 18.8 Å². The number of hydrogen-bond acceptors (Lipinski definition) is 3. The van der Waals surface area contributed by atoms with Gasteiger partial charge in [-0.25, -0.2) is 0 Å². The van der Waals surface area contributed by atoms with Gasteiger partial charge in [0.25, 0.3) is 0 Å². The van der Waals surface area contributed by atoms with Crippen LogP contribution in [0.25, 0.3) is 0 Å². The van der Waals surface area contributed by atoms with Crippen LogP contribution in [0.3, 0.4) is 0 Å². The number of ether oxygens (including phenoxy) is 1. The summed E-state index contributed by atoms with van der Waals surface area (Å²) in [5.74, 6) is 1.04. The van der Waals surface area contributed by atoms with Crippen molar-refractivity contribution in [3.8, 4) is 0 Å². The molecule has 1 saturated heterocycles. The Kier molecular flexibility index (Phi) is 7.37. The molecule has 4 heteroatoms. The van der Waals surface area contributed by atoms with Crippen molar-refractivity contribution in [2.75, 3.05) is 26.3 Å². The quantitative estimate of drug-likeness (QED) is 0.725. The number of nitrogens with zero attached hydrogens (tertiary/aromatic N) is 1. The molecule has 2 rings (SSSR count). The lowest BCUT2D eigenvalue weighted by molar-refractivity contribution is -0.139. The molecule has 0 spiro atoms. The molecule has 0 aromatic heterocycles. The minimum atomic E-state index is -0.0570. The summed E-state index contributed by atoms with van der Waals surface area (Å²) in [4.78, 5) is 26.8. The smallest absolute Gasteiger partial charge is 0.223 e. The average molecular weight is 309 g/mol. The van der Waals surface area contributed by atoms with E-state index in [0.717, 1.165) is 12.8 Å². The van der Waals surface area contributed by atoms with E-state index in [1.54, 1.807) is 0 Å². The summed E-state index contributed by atoms with van der Waals surface area (Å²) in [6.07, 6.45) is 9.22. The highest BCUT2D eigenvalue weighted by Gasteiger charge is 2.28. The number of rotatable bonds is 7. The summed E-state index contributed by atoms with van der Waals surface area (Å²) in [5.41, 5.74) is 0. The molecule has 126 valence electrons. The predicted molar refractivity (Wildman–Crippen MR) is 86.6 cm³/mol. The van der Waals surface area contributed by atoms with Gasteiger partial charge in [0.15, 0.2) is 0 Å². The number of carbonyl (C=O) groups excluding carboxylic acids is 2. The Labute approximate surface area is 134 Å². The van der Waals surface area contributed by atoms with Crippen molar-refractivity contribution in [1.82, 2.24) is 4.90 Å². The van der Waals surface area contributed by atoms with Crippen LogP contribution in [-0.4, -0.2) is 42.9 Å². The highest BCUT2D eigenvalue weighted by molar-refractivity contribution is 5.87. The first-order chi connectivity index (χ1) is 10.7. The molecule has 2 fully saturated rings. The molecule has 0 radical (unpaired) electrons. The average Bonchev–Trinajstić information content (AvgIpc) is 2.56. The van der Waals surface area contributed by atoms with Crippen LogP contribution in [0.4, 0.5) is 0 Å². The molecular weight excluding hydrogens is 278 g/mol. The summed E-state index contributed by atoms with van der Waals surface area (Å²) in [5, 5.41) is 0. The van der Waals surface area contributed by atoms with Crippen LogP contribution in [0, 0.1) is 11.8 Å². The minimum Gasteiger partial charge on any atom is -0.378 e. The molecule has 1 atom stereocenters. The molecule has 1 heterocycles. The van der Waals surface area contributed by atoms with E-state index in [0.29, 0.717) is 50.8 Å². The van der Waals surface area contributed by atoms with Crippen molar-refractivity contribution < 1.29 is 14.3 Å². The second kappa shape index (κ2) is 9.29. The fourth-order valence-electron chi connectivity index (χ4n) is 3.76. The van der Waals surface area contributed by atoms with Crippen molar-refractivity contribution >= 4 is 11.7 Å². The standard InChI is InChI=1S/C18H31NO3/c1-2-6-17(20)16(13-15-7-4-3-5-8-15)14-18(21)19-9-11-22-12-10-19/h15-16H,2-14H2,1H3/t16-/m1/s1. The number of ketones is 1. The first-order valence-electron chi connectivity index (χ1n) is 9.09. The summed E-state index contributed by atoms with van der Waals surface area (Å²) >= 11 is 0. The number of amides is 1. The Morgan fingerprint density at radius 1 is 1.14 bits per heavy atom. The summed E-state index contributed by atoms with van der Waals surface area (Å²) in [6, 6.07) is 0. The Morgan fingerprint density at radius 3 is 2.45 bits per heavy atom. The van der Waals surface area contributed by atoms with Gasteiger partial charge in [-0.3, -0.25) is 9.59 Å². The first-order valence-corrected chi connectivity index (χ1v) is 9.09. The molecule has 22 heavy (non-hydrogen) atoms. The summed E-state index contributed by atoms with van der Waals surface area (Å²) in [6.45, 7) is 4.65. The van der Waals surface area contributed by atoms with Crippen LogP contribution in [0.2, 0.25) is 0 Å². The molecule has 0 unspecified atom stereocenters. The van der Waals surface area contributed by atoms with E-state index < -0.39 is 0 Å². The predicted octanol–water partition coefficient (Wildman–Crippen LogP) is 3.19. The highest BCUT2D eigenvalue weighted by atomic mass is 16.5. The normalized spacial score (nSPS) is 21.6. The van der Waals surface area contributed by atoms with E-state index in [9.17, 15) is 9.59 Å². The van der Waals surface area contributed by atoms with Gasteiger partial charge in [0.2, 0.25) is 5.91 Å². The van der Waals surface area contributed by atoms with Gasteiger partial charge >= 0.3 is 0 Å². The Morgan fingerprint density at radius 2 is 1.82 bits per heavy atom. The second-order valence-corrected chi connectivity index (χ2v) is 6.85. The molecule has 2 aliphatic rings. The fraction of sp³-hybridized carbons (Fsp3) is 0.889. The second-order valence-electron chi connectivity index (χ2n) is 6.85. The Bertz CT molecular complexity index is 357.